The lowest BCUT2D eigenvalue weighted by molar-refractivity contribution is -0.384. The molecule has 0 spiro atoms. The summed E-state index contributed by atoms with van der Waals surface area (Å²) in [6, 6.07) is 18.9. The largest absolute Gasteiger partial charge is 0.488 e. The van der Waals surface area contributed by atoms with Gasteiger partial charge >= 0.3 is 5.91 Å². The number of carbonyl (C=O) groups excluding carboxylic acids is 1. The van der Waals surface area contributed by atoms with Crippen LogP contribution in [0.5, 0.6) is 5.75 Å². The van der Waals surface area contributed by atoms with Gasteiger partial charge < -0.3 is 9.15 Å². The van der Waals surface area contributed by atoms with Gasteiger partial charge in [-0.05, 0) is 76.2 Å². The number of non-ortho nitro benzene ring substituents is 1. The number of hydrazone groups is 1. The molecule has 0 saturated carbocycles. The molecule has 0 fully saturated rings. The predicted molar refractivity (Wildman–Crippen MR) is 136 cm³/mol. The van der Waals surface area contributed by atoms with Crippen molar-refractivity contribution in [1.82, 2.24) is 5.43 Å². The van der Waals surface area contributed by atoms with Crippen LogP contribution in [0.4, 0.5) is 5.69 Å². The highest BCUT2D eigenvalue weighted by Crippen LogP contribution is 2.24. The van der Waals surface area contributed by atoms with E-state index < -0.39 is 10.8 Å². The number of furan rings is 1. The number of hydrogen-bond acceptors (Lipinski definition) is 6. The fourth-order valence-corrected chi connectivity index (χ4v) is 4.06. The predicted octanol–water partition coefficient (Wildman–Crippen LogP) is 6.05. The molecule has 0 saturated heterocycles. The van der Waals surface area contributed by atoms with E-state index in [1.165, 1.54) is 18.3 Å². The van der Waals surface area contributed by atoms with E-state index in [1.807, 2.05) is 18.2 Å². The number of ether oxygens (including phenoxy) is 1. The van der Waals surface area contributed by atoms with Crippen molar-refractivity contribution in [1.29, 1.82) is 0 Å². The molecule has 33 heavy (non-hydrogen) atoms. The molecule has 1 N–H and O–H groups in total. The highest BCUT2D eigenvalue weighted by atomic mass is 127. The lowest BCUT2D eigenvalue weighted by atomic mass is 10.2. The Kier molecular flexibility index (Phi) is 7.04. The van der Waals surface area contributed by atoms with Crippen LogP contribution in [-0.4, -0.2) is 17.0 Å². The van der Waals surface area contributed by atoms with Crippen molar-refractivity contribution >= 4 is 67.3 Å². The Labute approximate surface area is 210 Å². The fraction of sp³-hybridized carbons (Fsp3) is 0.0435. The molecule has 1 amide bonds. The number of nitrogens with zero attached hydrogens (tertiary/aromatic N) is 2. The van der Waals surface area contributed by atoms with Crippen molar-refractivity contribution in [2.45, 2.75) is 6.61 Å². The SMILES string of the molecule is O=C(N/N=C/c1ccc(OCc2cccc([N+](=O)[O-])c2)c(I)c1)c1cc2cc(Br)ccc2o1. The zero-order chi connectivity index (χ0) is 23.4. The molecular weight excluding hydrogens is 605 g/mol. The van der Waals surface area contributed by atoms with E-state index in [0.717, 1.165) is 19.0 Å². The molecule has 0 unspecified atom stereocenters. The van der Waals surface area contributed by atoms with E-state index in [0.29, 0.717) is 16.9 Å². The van der Waals surface area contributed by atoms with Crippen LogP contribution in [-0.2, 0) is 6.61 Å². The highest BCUT2D eigenvalue weighted by Gasteiger charge is 2.12. The van der Waals surface area contributed by atoms with Gasteiger partial charge in [0, 0.05) is 22.0 Å². The molecule has 0 aliphatic rings. The second-order valence-corrected chi connectivity index (χ2v) is 8.98. The summed E-state index contributed by atoms with van der Waals surface area (Å²) in [5, 5.41) is 15.7. The van der Waals surface area contributed by atoms with Gasteiger partial charge in [0.1, 0.15) is 17.9 Å². The summed E-state index contributed by atoms with van der Waals surface area (Å²) in [5.41, 5.74) is 4.55. The van der Waals surface area contributed by atoms with Crippen LogP contribution in [0.3, 0.4) is 0 Å². The van der Waals surface area contributed by atoms with Gasteiger partial charge in [-0.25, -0.2) is 5.43 Å². The number of benzene rings is 3. The van der Waals surface area contributed by atoms with Crippen LogP contribution < -0.4 is 10.2 Å². The molecule has 0 aliphatic carbocycles. The first-order chi connectivity index (χ1) is 15.9. The molecule has 0 atom stereocenters. The van der Waals surface area contributed by atoms with E-state index in [9.17, 15) is 14.9 Å². The minimum Gasteiger partial charge on any atom is -0.488 e. The van der Waals surface area contributed by atoms with Gasteiger partial charge in [0.2, 0.25) is 0 Å². The van der Waals surface area contributed by atoms with Gasteiger partial charge in [0.15, 0.2) is 5.76 Å². The minimum atomic E-state index is -0.454. The smallest absolute Gasteiger partial charge is 0.307 e. The normalized spacial score (nSPS) is 11.1. The van der Waals surface area contributed by atoms with Crippen LogP contribution in [0, 0.1) is 13.7 Å². The monoisotopic (exact) mass is 619 g/mol. The third kappa shape index (κ3) is 5.76. The summed E-state index contributed by atoms with van der Waals surface area (Å²) in [4.78, 5) is 22.8. The number of nitrogens with one attached hydrogen (secondary N) is 1. The zero-order valence-corrected chi connectivity index (χ0v) is 20.6. The summed E-state index contributed by atoms with van der Waals surface area (Å²) in [6.45, 7) is 0.204. The Morgan fingerprint density at radius 2 is 2.03 bits per heavy atom. The lowest BCUT2D eigenvalue weighted by Crippen LogP contribution is -2.16. The van der Waals surface area contributed by atoms with Gasteiger partial charge in [-0.15, -0.1) is 0 Å². The molecule has 3 aromatic carbocycles. The molecule has 0 radical (unpaired) electrons. The number of amides is 1. The lowest BCUT2D eigenvalue weighted by Gasteiger charge is -2.09. The fourth-order valence-electron chi connectivity index (χ4n) is 2.98. The van der Waals surface area contributed by atoms with Crippen LogP contribution in [0.1, 0.15) is 21.7 Å². The number of hydrogen-bond donors (Lipinski definition) is 1. The summed E-state index contributed by atoms with van der Waals surface area (Å²) >= 11 is 5.52. The van der Waals surface area contributed by atoms with Gasteiger partial charge in [0.25, 0.3) is 5.69 Å². The Morgan fingerprint density at radius 1 is 1.18 bits per heavy atom. The number of nitro groups is 1. The molecule has 0 aliphatic heterocycles. The van der Waals surface area contributed by atoms with Crippen LogP contribution in [0.2, 0.25) is 0 Å². The summed E-state index contributed by atoms with van der Waals surface area (Å²) < 4.78 is 13.1. The maximum Gasteiger partial charge on any atom is 0.307 e. The Hall–Kier alpha value is -3.25. The van der Waals surface area contributed by atoms with Crippen molar-refractivity contribution in [3.63, 3.8) is 0 Å². The second-order valence-electron chi connectivity index (χ2n) is 6.90. The van der Waals surface area contributed by atoms with Crippen molar-refractivity contribution in [2.75, 3.05) is 0 Å². The first-order valence-corrected chi connectivity index (χ1v) is 11.4. The molecule has 166 valence electrons. The number of halogens is 2. The summed E-state index contributed by atoms with van der Waals surface area (Å²) in [5.74, 6) is 0.349. The van der Waals surface area contributed by atoms with E-state index in [1.54, 1.807) is 36.4 Å². The number of rotatable bonds is 7. The molecule has 4 rings (SSSR count). The van der Waals surface area contributed by atoms with Gasteiger partial charge in [-0.3, -0.25) is 14.9 Å². The quantitative estimate of drug-likeness (QED) is 0.117. The Bertz CT molecular complexity index is 1390. The summed E-state index contributed by atoms with van der Waals surface area (Å²) in [6.07, 6.45) is 1.52. The molecule has 10 heteroatoms. The number of carbonyl (C=O) groups is 1. The molecule has 1 heterocycles. The van der Waals surface area contributed by atoms with Crippen molar-refractivity contribution in [3.8, 4) is 5.75 Å². The highest BCUT2D eigenvalue weighted by molar-refractivity contribution is 14.1. The van der Waals surface area contributed by atoms with Crippen molar-refractivity contribution < 1.29 is 18.9 Å². The Balaban J connectivity index is 1.36. The van der Waals surface area contributed by atoms with Gasteiger partial charge in [0.05, 0.1) is 14.7 Å². The van der Waals surface area contributed by atoms with E-state index in [2.05, 4.69) is 49.0 Å². The molecule has 4 aromatic rings. The van der Waals surface area contributed by atoms with Gasteiger partial charge in [-0.2, -0.15) is 5.10 Å². The molecule has 1 aromatic heterocycles. The van der Waals surface area contributed by atoms with Crippen LogP contribution in [0.25, 0.3) is 11.0 Å². The Morgan fingerprint density at radius 3 is 2.82 bits per heavy atom. The van der Waals surface area contributed by atoms with Crippen molar-refractivity contribution in [3.05, 3.63) is 102 Å². The number of nitro benzene ring substituents is 1. The first-order valence-electron chi connectivity index (χ1n) is 9.57. The second kappa shape index (κ2) is 10.1. The van der Waals surface area contributed by atoms with E-state index >= 15 is 0 Å². The average Bonchev–Trinajstić information content (AvgIpc) is 3.22. The van der Waals surface area contributed by atoms with Gasteiger partial charge in [-0.1, -0.05) is 28.1 Å². The molecule has 8 nitrogen and oxygen atoms in total. The maximum atomic E-state index is 12.3. The zero-order valence-electron chi connectivity index (χ0n) is 16.8. The van der Waals surface area contributed by atoms with Crippen LogP contribution in [0.15, 0.2) is 80.7 Å². The average molecular weight is 620 g/mol. The topological polar surface area (TPSA) is 107 Å². The third-order valence-electron chi connectivity index (χ3n) is 4.55. The minimum absolute atomic E-state index is 0.0231. The summed E-state index contributed by atoms with van der Waals surface area (Å²) in [7, 11) is 0. The van der Waals surface area contributed by atoms with E-state index in [-0.39, 0.29) is 18.1 Å². The standard InChI is InChI=1S/C23H15BrIN3O5/c24-17-5-7-20-16(10-17)11-22(33-20)23(29)27-26-12-14-4-6-21(19(25)9-14)32-13-15-2-1-3-18(8-15)28(30)31/h1-12H,13H2,(H,27,29)/b26-12+. The molecule has 0 bridgehead atoms. The maximum absolute atomic E-state index is 12.3. The molecular formula is C23H15BrIN3O5. The number of fused-ring (bicyclic) bond motifs is 1. The van der Waals surface area contributed by atoms with Crippen molar-refractivity contribution in [2.24, 2.45) is 5.10 Å². The third-order valence-corrected chi connectivity index (χ3v) is 5.89. The van der Waals surface area contributed by atoms with E-state index in [4.69, 9.17) is 9.15 Å². The first kappa shape index (κ1) is 22.9. The van der Waals surface area contributed by atoms with Crippen LogP contribution >= 0.6 is 38.5 Å².